The minimum atomic E-state index is -2.08. The highest BCUT2D eigenvalue weighted by Gasteiger charge is 2.77. The van der Waals surface area contributed by atoms with Gasteiger partial charge in [0.25, 0.3) is 0 Å². The number of amides is 1. The van der Waals surface area contributed by atoms with Crippen LogP contribution in [0.4, 0.5) is 4.39 Å². The molecule has 3 fully saturated rings. The molecule has 9 atom stereocenters. The van der Waals surface area contributed by atoms with Gasteiger partial charge in [-0.05, 0) is 75.5 Å². The Bertz CT molecular complexity index is 1240. The van der Waals surface area contributed by atoms with Crippen molar-refractivity contribution >= 4 is 52.6 Å². The van der Waals surface area contributed by atoms with E-state index in [1.165, 1.54) is 23.9 Å². The largest absolute Gasteiger partial charge is 0.450 e. The maximum atomic E-state index is 17.7. The number of hydrogen-bond donors (Lipinski definition) is 2. The van der Waals surface area contributed by atoms with Crippen LogP contribution in [0.15, 0.2) is 23.8 Å². The van der Waals surface area contributed by atoms with Crippen molar-refractivity contribution < 1.29 is 38.2 Å². The molecule has 8 nitrogen and oxygen atoms in total. The third-order valence-corrected chi connectivity index (χ3v) is 12.7. The fourth-order valence-corrected chi connectivity index (χ4v) is 10.2. The van der Waals surface area contributed by atoms with Gasteiger partial charge in [0.05, 0.1) is 17.9 Å². The average Bonchev–Trinajstić information content (AvgIpc) is 3.20. The molecule has 4 aliphatic rings. The van der Waals surface area contributed by atoms with Crippen LogP contribution in [0, 0.1) is 28.6 Å². The van der Waals surface area contributed by atoms with Gasteiger partial charge in [0.1, 0.15) is 0 Å². The number of ether oxygens (including phenoxy) is 1. The molecular formula is C33H46FNO7S2. The molecule has 0 heterocycles. The molecular weight excluding hydrogens is 605 g/mol. The Morgan fingerprint density at radius 2 is 2.00 bits per heavy atom. The number of carbonyl (C=O) groups is 5. The predicted molar refractivity (Wildman–Crippen MR) is 170 cm³/mol. The first kappa shape index (κ1) is 34.9. The molecule has 4 rings (SSSR count). The zero-order valence-corrected chi connectivity index (χ0v) is 28.0. The second kappa shape index (κ2) is 13.4. The number of halogens is 1. The van der Waals surface area contributed by atoms with E-state index in [2.05, 4.69) is 5.32 Å². The summed E-state index contributed by atoms with van der Waals surface area (Å²) in [5.74, 6) is -2.32. The summed E-state index contributed by atoms with van der Waals surface area (Å²) in [5, 5.41) is 14.0. The third-order valence-electron chi connectivity index (χ3n) is 11.1. The Hall–Kier alpha value is -1.98. The van der Waals surface area contributed by atoms with Gasteiger partial charge in [-0.15, -0.1) is 0 Å². The topological polar surface area (TPSA) is 127 Å². The van der Waals surface area contributed by atoms with Gasteiger partial charge in [-0.3, -0.25) is 24.0 Å². The van der Waals surface area contributed by atoms with Crippen LogP contribution in [0.25, 0.3) is 0 Å². The molecule has 0 spiro atoms. The number of aliphatic hydroxyl groups excluding tert-OH is 1. The lowest BCUT2D eigenvalue weighted by Crippen LogP contribution is -2.70. The standard InChI is InChI=1S/C33H46FNO7S2/c1-6-7-8-28(40)42-33(27(39)18-44-29(41)25(35-19-36)12-14-43-5)20(2)15-24-23-10-9-21-16-22(37)11-13-30(21,3)32(23,34)26(38)17-31(24,33)4/h11,13,16,19-20,23-26,38H,6-10,12,14-15,17-18H2,1-5H3,(H,35,36)/t20-,23-,24-,25?,26-,30-,31-,32-,33-/m0/s1. The number of rotatable bonds is 13. The van der Waals surface area contributed by atoms with Gasteiger partial charge < -0.3 is 15.2 Å². The second-order valence-electron chi connectivity index (χ2n) is 13.4. The molecule has 0 radical (unpaired) electrons. The van der Waals surface area contributed by atoms with Gasteiger partial charge >= 0.3 is 5.97 Å². The first-order valence-corrected chi connectivity index (χ1v) is 18.1. The van der Waals surface area contributed by atoms with E-state index in [1.807, 2.05) is 27.0 Å². The van der Waals surface area contributed by atoms with Crippen molar-refractivity contribution in [3.8, 4) is 0 Å². The maximum Gasteiger partial charge on any atom is 0.306 e. The number of esters is 1. The van der Waals surface area contributed by atoms with E-state index in [9.17, 15) is 29.1 Å². The summed E-state index contributed by atoms with van der Waals surface area (Å²) in [6.07, 6.45) is 8.36. The van der Waals surface area contributed by atoms with Crippen LogP contribution >= 0.6 is 23.5 Å². The molecule has 1 unspecified atom stereocenters. The van der Waals surface area contributed by atoms with E-state index in [1.54, 1.807) is 13.0 Å². The first-order chi connectivity index (χ1) is 20.8. The Morgan fingerprint density at radius 1 is 1.27 bits per heavy atom. The van der Waals surface area contributed by atoms with Gasteiger partial charge in [-0.1, -0.05) is 50.6 Å². The number of unbranched alkanes of at least 4 members (excludes halogenated alkanes) is 1. The van der Waals surface area contributed by atoms with Crippen molar-refractivity contribution in [2.24, 2.45) is 28.6 Å². The molecule has 0 aromatic heterocycles. The number of nitrogens with one attached hydrogen (secondary N) is 1. The Labute approximate surface area is 268 Å². The van der Waals surface area contributed by atoms with Crippen LogP contribution in [0.3, 0.4) is 0 Å². The second-order valence-corrected chi connectivity index (χ2v) is 15.3. The minimum absolute atomic E-state index is 0.117. The minimum Gasteiger partial charge on any atom is -0.450 e. The van der Waals surface area contributed by atoms with Gasteiger partial charge in [-0.2, -0.15) is 11.8 Å². The van der Waals surface area contributed by atoms with Crippen LogP contribution < -0.4 is 5.32 Å². The summed E-state index contributed by atoms with van der Waals surface area (Å²) in [7, 11) is 0. The van der Waals surface area contributed by atoms with Gasteiger partial charge in [0.15, 0.2) is 22.8 Å². The van der Waals surface area contributed by atoms with E-state index in [0.717, 1.165) is 18.2 Å². The van der Waals surface area contributed by atoms with Crippen molar-refractivity contribution in [1.82, 2.24) is 5.32 Å². The Balaban J connectivity index is 1.71. The van der Waals surface area contributed by atoms with Gasteiger partial charge in [0.2, 0.25) is 11.5 Å². The first-order valence-electron chi connectivity index (χ1n) is 15.7. The van der Waals surface area contributed by atoms with Crippen molar-refractivity contribution in [1.29, 1.82) is 0 Å². The summed E-state index contributed by atoms with van der Waals surface area (Å²) in [5.41, 5.74) is -5.36. The molecule has 244 valence electrons. The van der Waals surface area contributed by atoms with E-state index < -0.39 is 63.8 Å². The third kappa shape index (κ3) is 5.52. The van der Waals surface area contributed by atoms with E-state index >= 15 is 4.39 Å². The number of ketones is 2. The summed E-state index contributed by atoms with van der Waals surface area (Å²) < 4.78 is 23.9. The van der Waals surface area contributed by atoms with Gasteiger partial charge in [0, 0.05) is 29.1 Å². The number of Topliss-reactive ketones (excluding diaryl/α,β-unsaturated/α-hetero) is 1. The Kier molecular flexibility index (Phi) is 10.6. The monoisotopic (exact) mass is 651 g/mol. The quantitative estimate of drug-likeness (QED) is 0.214. The van der Waals surface area contributed by atoms with Crippen molar-refractivity contribution in [3.05, 3.63) is 23.8 Å². The zero-order valence-electron chi connectivity index (χ0n) is 26.4. The summed E-state index contributed by atoms with van der Waals surface area (Å²) >= 11 is 2.33. The van der Waals surface area contributed by atoms with Crippen LogP contribution in [0.1, 0.15) is 79.1 Å². The number of carbonyl (C=O) groups excluding carboxylic acids is 5. The fourth-order valence-electron chi connectivity index (χ4n) is 8.88. The summed E-state index contributed by atoms with van der Waals surface area (Å²) in [4.78, 5) is 64.2. The number of allylic oxidation sites excluding steroid dienone is 4. The average molecular weight is 652 g/mol. The molecule has 3 saturated carbocycles. The predicted octanol–water partition coefficient (Wildman–Crippen LogP) is 4.77. The maximum absolute atomic E-state index is 17.7. The number of aliphatic hydroxyl groups is 1. The summed E-state index contributed by atoms with van der Waals surface area (Å²) in [6.45, 7) is 7.37. The molecule has 2 N–H and O–H groups in total. The lowest BCUT2D eigenvalue weighted by molar-refractivity contribution is -0.227. The van der Waals surface area contributed by atoms with E-state index in [-0.39, 0.29) is 29.5 Å². The number of fused-ring (bicyclic) bond motifs is 5. The van der Waals surface area contributed by atoms with Crippen LogP contribution in [0.2, 0.25) is 0 Å². The van der Waals surface area contributed by atoms with Crippen LogP contribution in [-0.4, -0.2) is 75.3 Å². The number of alkyl halides is 1. The molecule has 0 aromatic carbocycles. The lowest BCUT2D eigenvalue weighted by Gasteiger charge is -2.62. The Morgan fingerprint density at radius 3 is 2.66 bits per heavy atom. The molecule has 4 aliphatic carbocycles. The molecule has 0 aliphatic heterocycles. The number of hydrogen-bond acceptors (Lipinski definition) is 9. The molecule has 0 saturated heterocycles. The fraction of sp³-hybridized carbons (Fsp3) is 0.727. The smallest absolute Gasteiger partial charge is 0.306 e. The molecule has 44 heavy (non-hydrogen) atoms. The SMILES string of the molecule is CCCCC(=O)O[C@]1(C(=O)CSC(=O)C(CCSC)NC=O)[C@@H](C)C[C@H]2[C@@H]3CCC4=CC(=O)C=C[C@]4(C)[C@@]3(F)[C@@H](O)C[C@@]21C. The summed E-state index contributed by atoms with van der Waals surface area (Å²) in [6, 6.07) is -0.755. The van der Waals surface area contributed by atoms with E-state index in [0.29, 0.717) is 49.8 Å². The number of thioether (sulfide) groups is 2. The zero-order chi connectivity index (χ0) is 32.5. The highest BCUT2D eigenvalue weighted by molar-refractivity contribution is 8.14. The van der Waals surface area contributed by atoms with Crippen molar-refractivity contribution in [2.45, 2.75) is 102 Å². The molecule has 0 bridgehead atoms. The van der Waals surface area contributed by atoms with Gasteiger partial charge in [-0.25, -0.2) is 4.39 Å². The van der Waals surface area contributed by atoms with Crippen LogP contribution in [-0.2, 0) is 28.7 Å². The van der Waals surface area contributed by atoms with Crippen molar-refractivity contribution in [2.75, 3.05) is 17.8 Å². The van der Waals surface area contributed by atoms with Crippen molar-refractivity contribution in [3.63, 3.8) is 0 Å². The van der Waals surface area contributed by atoms with Crippen LogP contribution in [0.5, 0.6) is 0 Å². The normalized spacial score (nSPS) is 38.1. The molecule has 1 amide bonds. The molecule has 11 heteroatoms. The van der Waals surface area contributed by atoms with E-state index in [4.69, 9.17) is 4.74 Å². The molecule has 0 aromatic rings. The lowest BCUT2D eigenvalue weighted by atomic mass is 9.44. The highest BCUT2D eigenvalue weighted by atomic mass is 32.2. The highest BCUT2D eigenvalue weighted by Crippen LogP contribution is 2.71.